The van der Waals surface area contributed by atoms with E-state index in [0.717, 1.165) is 25.7 Å². The molecule has 0 aromatic carbocycles. The average Bonchev–Trinajstić information content (AvgIpc) is 2.44. The van der Waals surface area contributed by atoms with E-state index in [4.69, 9.17) is 20.2 Å². The number of rotatable bonds is 1. The van der Waals surface area contributed by atoms with Crippen LogP contribution in [0.25, 0.3) is 0 Å². The molecule has 2 aliphatic rings. The van der Waals surface area contributed by atoms with Crippen molar-refractivity contribution >= 4 is 26.0 Å². The van der Waals surface area contributed by atoms with Crippen molar-refractivity contribution in [2.45, 2.75) is 50.7 Å². The average molecular weight is 268 g/mol. The maximum absolute atomic E-state index is 10.7. The molecule has 1 heterocycles. The molecule has 0 amide bonds. The summed E-state index contributed by atoms with van der Waals surface area (Å²) < 4.78 is 35.4. The van der Waals surface area contributed by atoms with Gasteiger partial charge in [-0.3, -0.25) is 0 Å². The molecule has 7 heteroatoms. The minimum Gasteiger partial charge on any atom is -0.443 e. The van der Waals surface area contributed by atoms with Crippen molar-refractivity contribution in [3.63, 3.8) is 0 Å². The summed E-state index contributed by atoms with van der Waals surface area (Å²) in [5, 5.41) is 0. The highest BCUT2D eigenvalue weighted by Gasteiger charge is 2.36. The summed E-state index contributed by atoms with van der Waals surface area (Å²) in [6.45, 7) is 0. The molecule has 2 fully saturated rings. The number of halogens is 1. The third kappa shape index (κ3) is 3.25. The van der Waals surface area contributed by atoms with Crippen LogP contribution in [0.3, 0.4) is 0 Å². The van der Waals surface area contributed by atoms with Gasteiger partial charge < -0.3 is 9.47 Å². The van der Waals surface area contributed by atoms with Gasteiger partial charge in [0.15, 0.2) is 0 Å². The second-order valence-corrected chi connectivity index (χ2v) is 6.25. The van der Waals surface area contributed by atoms with Gasteiger partial charge in [0.2, 0.25) is 0 Å². The maximum Gasteiger partial charge on any atom is 0.401 e. The van der Waals surface area contributed by atoms with E-state index in [1.807, 2.05) is 0 Å². The van der Waals surface area contributed by atoms with Crippen molar-refractivity contribution in [3.05, 3.63) is 0 Å². The van der Waals surface area contributed by atoms with Crippen LogP contribution in [-0.4, -0.2) is 26.7 Å². The summed E-state index contributed by atoms with van der Waals surface area (Å²) in [5.41, 5.74) is 0. The standard InChI is InChI=1S/C9H14ClNO4S/c10-16(12,13)11-9-14-7-5-3-1-2-4-6-8(7)15-9/h7-8H,1-6H2/t7-,8+. The van der Waals surface area contributed by atoms with Crippen molar-refractivity contribution in [1.29, 1.82) is 0 Å². The van der Waals surface area contributed by atoms with E-state index >= 15 is 0 Å². The molecule has 5 nitrogen and oxygen atoms in total. The zero-order valence-corrected chi connectivity index (χ0v) is 10.3. The van der Waals surface area contributed by atoms with Crippen LogP contribution in [0.4, 0.5) is 0 Å². The van der Waals surface area contributed by atoms with E-state index in [0.29, 0.717) is 0 Å². The SMILES string of the molecule is O=S(=O)(Cl)N=C1O[C@H]2CCCCCC[C@H]2O1. The van der Waals surface area contributed by atoms with Gasteiger partial charge in [-0.15, -0.1) is 0 Å². The third-order valence-electron chi connectivity index (χ3n) is 2.83. The van der Waals surface area contributed by atoms with E-state index in [2.05, 4.69) is 4.40 Å². The second kappa shape index (κ2) is 4.79. The molecule has 1 aliphatic heterocycles. The Labute approximate surface area is 99.3 Å². The van der Waals surface area contributed by atoms with E-state index < -0.39 is 9.24 Å². The Morgan fingerprint density at radius 1 is 1.06 bits per heavy atom. The van der Waals surface area contributed by atoms with Crippen LogP contribution in [0.15, 0.2) is 4.40 Å². The van der Waals surface area contributed by atoms with E-state index in [1.165, 1.54) is 12.8 Å². The Morgan fingerprint density at radius 2 is 1.56 bits per heavy atom. The van der Waals surface area contributed by atoms with Crippen LogP contribution in [0.2, 0.25) is 0 Å². The predicted molar refractivity (Wildman–Crippen MR) is 59.7 cm³/mol. The van der Waals surface area contributed by atoms with Crippen LogP contribution in [-0.2, 0) is 18.7 Å². The molecule has 2 atom stereocenters. The fourth-order valence-corrected chi connectivity index (χ4v) is 2.54. The lowest BCUT2D eigenvalue weighted by Crippen LogP contribution is -2.23. The van der Waals surface area contributed by atoms with Crippen LogP contribution < -0.4 is 0 Å². The largest absolute Gasteiger partial charge is 0.443 e. The molecule has 1 aliphatic carbocycles. The Hall–Kier alpha value is -0.490. The van der Waals surface area contributed by atoms with Gasteiger partial charge in [0.05, 0.1) is 0 Å². The highest BCUT2D eigenvalue weighted by atomic mass is 35.7. The van der Waals surface area contributed by atoms with Gasteiger partial charge in [-0.25, -0.2) is 0 Å². The molecule has 0 unspecified atom stereocenters. The zero-order chi connectivity index (χ0) is 11.6. The number of hydrogen-bond donors (Lipinski definition) is 0. The first-order chi connectivity index (χ1) is 7.54. The van der Waals surface area contributed by atoms with E-state index in [1.54, 1.807) is 0 Å². The molecule has 0 bridgehead atoms. The topological polar surface area (TPSA) is 65.0 Å². The van der Waals surface area contributed by atoms with E-state index in [9.17, 15) is 8.42 Å². The van der Waals surface area contributed by atoms with Gasteiger partial charge in [-0.1, -0.05) is 17.2 Å². The maximum atomic E-state index is 10.7. The number of ether oxygens (including phenoxy) is 2. The first-order valence-electron chi connectivity index (χ1n) is 5.42. The van der Waals surface area contributed by atoms with Crippen molar-refractivity contribution in [2.24, 2.45) is 4.40 Å². The highest BCUT2D eigenvalue weighted by molar-refractivity contribution is 8.12. The van der Waals surface area contributed by atoms with Gasteiger partial charge in [-0.2, -0.15) is 8.42 Å². The normalized spacial score (nSPS) is 33.4. The van der Waals surface area contributed by atoms with Crippen molar-refractivity contribution < 1.29 is 17.9 Å². The second-order valence-electron chi connectivity index (χ2n) is 4.07. The summed E-state index contributed by atoms with van der Waals surface area (Å²) in [5.74, 6) is 0. The summed E-state index contributed by atoms with van der Waals surface area (Å²) in [6.07, 6.45) is 5.94. The molecule has 92 valence electrons. The van der Waals surface area contributed by atoms with Gasteiger partial charge in [0, 0.05) is 10.7 Å². The monoisotopic (exact) mass is 267 g/mol. The predicted octanol–water partition coefficient (Wildman–Crippen LogP) is 1.96. The molecular weight excluding hydrogens is 254 g/mol. The minimum absolute atomic E-state index is 0.0718. The summed E-state index contributed by atoms with van der Waals surface area (Å²) in [7, 11) is 1.04. The Balaban J connectivity index is 2.06. The fraction of sp³-hybridized carbons (Fsp3) is 0.889. The van der Waals surface area contributed by atoms with Gasteiger partial charge in [0.25, 0.3) is 0 Å². The molecule has 0 aromatic rings. The van der Waals surface area contributed by atoms with Gasteiger partial charge in [-0.05, 0) is 25.7 Å². The van der Waals surface area contributed by atoms with Crippen molar-refractivity contribution in [2.75, 3.05) is 0 Å². The Kier molecular flexibility index (Phi) is 3.59. The number of fused-ring (bicyclic) bond motifs is 1. The molecule has 0 aromatic heterocycles. The van der Waals surface area contributed by atoms with Gasteiger partial charge in [0.1, 0.15) is 12.2 Å². The lowest BCUT2D eigenvalue weighted by Gasteiger charge is -2.17. The van der Waals surface area contributed by atoms with Crippen LogP contribution >= 0.6 is 10.7 Å². The lowest BCUT2D eigenvalue weighted by molar-refractivity contribution is 0.126. The van der Waals surface area contributed by atoms with Crippen LogP contribution in [0.1, 0.15) is 38.5 Å². The first kappa shape index (κ1) is 12.0. The molecule has 16 heavy (non-hydrogen) atoms. The molecule has 1 saturated carbocycles. The Morgan fingerprint density at radius 3 is 2.00 bits per heavy atom. The molecule has 2 rings (SSSR count). The minimum atomic E-state index is -3.96. The molecular formula is C9H14ClNO4S. The first-order valence-corrected chi connectivity index (χ1v) is 7.69. The summed E-state index contributed by atoms with van der Waals surface area (Å²) in [6, 6.07) is 0. The van der Waals surface area contributed by atoms with Crippen LogP contribution in [0.5, 0.6) is 0 Å². The number of nitrogens with zero attached hydrogens (tertiary/aromatic N) is 1. The van der Waals surface area contributed by atoms with E-state index in [-0.39, 0.29) is 18.3 Å². The smallest absolute Gasteiger partial charge is 0.401 e. The summed E-state index contributed by atoms with van der Waals surface area (Å²) in [4.78, 5) is 0. The Bertz CT molecular complexity index is 363. The molecule has 0 N–H and O–H groups in total. The lowest BCUT2D eigenvalue weighted by atomic mass is 9.96. The summed E-state index contributed by atoms with van der Waals surface area (Å²) >= 11 is 0. The quantitative estimate of drug-likeness (QED) is 0.681. The highest BCUT2D eigenvalue weighted by Crippen LogP contribution is 2.28. The van der Waals surface area contributed by atoms with Crippen molar-refractivity contribution in [1.82, 2.24) is 0 Å². The third-order valence-corrected chi connectivity index (χ3v) is 3.40. The molecule has 0 spiro atoms. The fourth-order valence-electron chi connectivity index (χ4n) is 2.10. The molecule has 1 saturated heterocycles. The van der Waals surface area contributed by atoms with Crippen LogP contribution in [0, 0.1) is 0 Å². The van der Waals surface area contributed by atoms with Gasteiger partial charge >= 0.3 is 15.3 Å². The molecule has 0 radical (unpaired) electrons. The van der Waals surface area contributed by atoms with Crippen molar-refractivity contribution in [3.8, 4) is 0 Å². The zero-order valence-electron chi connectivity index (χ0n) is 8.76. The number of hydrogen-bond acceptors (Lipinski definition) is 4.